The van der Waals surface area contributed by atoms with Gasteiger partial charge in [0.15, 0.2) is 0 Å². The van der Waals surface area contributed by atoms with E-state index in [0.29, 0.717) is 11.4 Å². The Kier molecular flexibility index (Phi) is 4.66. The van der Waals surface area contributed by atoms with E-state index in [1.54, 1.807) is 7.11 Å². The Hall–Kier alpha value is -1.26. The number of nitrogens with two attached hydrogens (primary N) is 1. The van der Waals surface area contributed by atoms with Crippen LogP contribution in [0.15, 0.2) is 18.2 Å². The van der Waals surface area contributed by atoms with Gasteiger partial charge in [0, 0.05) is 12.6 Å². The second kappa shape index (κ2) is 6.26. The van der Waals surface area contributed by atoms with Crippen LogP contribution < -0.4 is 10.5 Å². The van der Waals surface area contributed by atoms with Crippen LogP contribution in [0.2, 0.25) is 0 Å². The number of likely N-dealkylation sites (N-methyl/N-ethyl adjacent to an activating group) is 1. The minimum absolute atomic E-state index is 0.200. The maximum absolute atomic E-state index is 10.1. The summed E-state index contributed by atoms with van der Waals surface area (Å²) in [6.07, 6.45) is 4.13. The van der Waals surface area contributed by atoms with Gasteiger partial charge in [-0.15, -0.1) is 0 Å². The Morgan fingerprint density at radius 2 is 2.11 bits per heavy atom. The molecule has 1 aromatic carbocycles. The molecule has 4 heteroatoms. The molecule has 0 spiro atoms. The van der Waals surface area contributed by atoms with E-state index in [9.17, 15) is 5.11 Å². The number of rotatable bonds is 4. The first-order valence-electron chi connectivity index (χ1n) is 6.92. The highest BCUT2D eigenvalue weighted by molar-refractivity contribution is 5.54. The van der Waals surface area contributed by atoms with Crippen molar-refractivity contribution < 1.29 is 9.84 Å². The van der Waals surface area contributed by atoms with Crippen LogP contribution in [-0.4, -0.2) is 36.3 Å². The lowest BCUT2D eigenvalue weighted by Gasteiger charge is -2.35. The van der Waals surface area contributed by atoms with Crippen LogP contribution in [-0.2, 0) is 6.54 Å². The second-order valence-corrected chi connectivity index (χ2v) is 5.41. The molecule has 0 aromatic heterocycles. The third kappa shape index (κ3) is 3.39. The van der Waals surface area contributed by atoms with Crippen LogP contribution in [0.5, 0.6) is 5.75 Å². The molecule has 1 aliphatic carbocycles. The molecule has 106 valence electrons. The van der Waals surface area contributed by atoms with E-state index in [2.05, 4.69) is 11.9 Å². The van der Waals surface area contributed by atoms with Crippen LogP contribution in [0.25, 0.3) is 0 Å². The molecule has 2 unspecified atom stereocenters. The van der Waals surface area contributed by atoms with Crippen molar-refractivity contribution in [1.29, 1.82) is 0 Å². The van der Waals surface area contributed by atoms with E-state index >= 15 is 0 Å². The molecule has 1 fully saturated rings. The zero-order valence-electron chi connectivity index (χ0n) is 11.8. The smallest absolute Gasteiger partial charge is 0.141 e. The number of aliphatic hydroxyl groups excluding tert-OH is 1. The maximum atomic E-state index is 10.1. The number of nitrogens with zero attached hydrogens (tertiary/aromatic N) is 1. The number of hydrogen-bond donors (Lipinski definition) is 2. The Labute approximate surface area is 115 Å². The van der Waals surface area contributed by atoms with Gasteiger partial charge in [0.1, 0.15) is 5.75 Å². The van der Waals surface area contributed by atoms with Crippen molar-refractivity contribution >= 4 is 5.69 Å². The van der Waals surface area contributed by atoms with E-state index in [4.69, 9.17) is 10.5 Å². The lowest BCUT2D eigenvalue weighted by atomic mass is 9.91. The van der Waals surface area contributed by atoms with E-state index in [-0.39, 0.29) is 12.1 Å². The van der Waals surface area contributed by atoms with Crippen molar-refractivity contribution in [1.82, 2.24) is 4.90 Å². The summed E-state index contributed by atoms with van der Waals surface area (Å²) < 4.78 is 5.16. The number of nitrogen functional groups attached to an aromatic ring is 1. The first-order valence-corrected chi connectivity index (χ1v) is 6.92. The lowest BCUT2D eigenvalue weighted by Crippen LogP contribution is -2.42. The fourth-order valence-electron chi connectivity index (χ4n) is 2.89. The summed E-state index contributed by atoms with van der Waals surface area (Å²) in [5, 5.41) is 10.1. The van der Waals surface area contributed by atoms with Crippen molar-refractivity contribution in [3.8, 4) is 5.75 Å². The third-order valence-corrected chi connectivity index (χ3v) is 3.99. The fourth-order valence-corrected chi connectivity index (χ4v) is 2.89. The molecule has 4 nitrogen and oxygen atoms in total. The predicted octanol–water partition coefficient (Wildman–Crippen LogP) is 2.01. The Morgan fingerprint density at radius 3 is 2.74 bits per heavy atom. The number of benzene rings is 1. The van der Waals surface area contributed by atoms with Gasteiger partial charge in [0.05, 0.1) is 18.9 Å². The van der Waals surface area contributed by atoms with Gasteiger partial charge in [-0.3, -0.25) is 4.90 Å². The van der Waals surface area contributed by atoms with Crippen molar-refractivity contribution in [2.75, 3.05) is 19.9 Å². The average molecular weight is 264 g/mol. The van der Waals surface area contributed by atoms with Crippen LogP contribution in [0.4, 0.5) is 5.69 Å². The normalized spacial score (nSPS) is 23.6. The minimum atomic E-state index is -0.200. The Balaban J connectivity index is 2.01. The number of hydrogen-bond acceptors (Lipinski definition) is 4. The minimum Gasteiger partial charge on any atom is -0.495 e. The van der Waals surface area contributed by atoms with Crippen molar-refractivity contribution in [3.05, 3.63) is 23.8 Å². The maximum Gasteiger partial charge on any atom is 0.141 e. The van der Waals surface area contributed by atoms with Gasteiger partial charge in [0.25, 0.3) is 0 Å². The van der Waals surface area contributed by atoms with E-state index in [1.165, 1.54) is 6.42 Å². The van der Waals surface area contributed by atoms with Gasteiger partial charge in [0.2, 0.25) is 0 Å². The monoisotopic (exact) mass is 264 g/mol. The summed E-state index contributed by atoms with van der Waals surface area (Å²) in [4.78, 5) is 2.23. The number of ether oxygens (including phenoxy) is 1. The summed E-state index contributed by atoms with van der Waals surface area (Å²) in [7, 11) is 3.69. The summed E-state index contributed by atoms with van der Waals surface area (Å²) in [6, 6.07) is 6.14. The topological polar surface area (TPSA) is 58.7 Å². The standard InChI is InChI=1S/C15H24N2O2/c1-17(13-5-3-4-6-14(13)18)10-11-7-8-15(19-2)12(16)9-11/h7-9,13-14,18H,3-6,10,16H2,1-2H3. The van der Waals surface area contributed by atoms with Gasteiger partial charge in [-0.25, -0.2) is 0 Å². The molecule has 1 aliphatic rings. The predicted molar refractivity (Wildman–Crippen MR) is 77.1 cm³/mol. The molecule has 0 amide bonds. The third-order valence-electron chi connectivity index (χ3n) is 3.99. The zero-order chi connectivity index (χ0) is 13.8. The average Bonchev–Trinajstić information content (AvgIpc) is 2.39. The first kappa shape index (κ1) is 14.2. The highest BCUT2D eigenvalue weighted by Gasteiger charge is 2.26. The molecule has 0 radical (unpaired) electrons. The molecule has 1 saturated carbocycles. The van der Waals surface area contributed by atoms with E-state index in [0.717, 1.165) is 31.4 Å². The van der Waals surface area contributed by atoms with Gasteiger partial charge < -0.3 is 15.6 Å². The van der Waals surface area contributed by atoms with Crippen molar-refractivity contribution in [2.24, 2.45) is 0 Å². The quantitative estimate of drug-likeness (QED) is 0.817. The zero-order valence-corrected chi connectivity index (χ0v) is 11.8. The molecule has 3 N–H and O–H groups in total. The largest absolute Gasteiger partial charge is 0.495 e. The number of aliphatic hydroxyl groups is 1. The highest BCUT2D eigenvalue weighted by atomic mass is 16.5. The molecular weight excluding hydrogens is 240 g/mol. The summed E-state index contributed by atoms with van der Waals surface area (Å²) in [5.74, 6) is 0.712. The van der Waals surface area contributed by atoms with E-state index in [1.807, 2.05) is 18.2 Å². The van der Waals surface area contributed by atoms with Crippen LogP contribution in [0, 0.1) is 0 Å². The molecule has 2 rings (SSSR count). The molecule has 0 saturated heterocycles. The lowest BCUT2D eigenvalue weighted by molar-refractivity contribution is 0.0288. The van der Waals surface area contributed by atoms with Gasteiger partial charge in [-0.2, -0.15) is 0 Å². The fraction of sp³-hybridized carbons (Fsp3) is 0.600. The molecular formula is C15H24N2O2. The molecule has 0 heterocycles. The SMILES string of the molecule is COc1ccc(CN(C)C2CCCCC2O)cc1N. The van der Waals surface area contributed by atoms with Crippen LogP contribution in [0.3, 0.4) is 0 Å². The summed E-state index contributed by atoms with van der Waals surface area (Å²) >= 11 is 0. The highest BCUT2D eigenvalue weighted by Crippen LogP contribution is 2.26. The molecule has 19 heavy (non-hydrogen) atoms. The molecule has 0 bridgehead atoms. The number of methoxy groups -OCH3 is 1. The molecule has 1 aromatic rings. The van der Waals surface area contributed by atoms with Crippen LogP contribution in [0.1, 0.15) is 31.2 Å². The molecule has 0 aliphatic heterocycles. The van der Waals surface area contributed by atoms with Crippen molar-refractivity contribution in [3.63, 3.8) is 0 Å². The van der Waals surface area contributed by atoms with E-state index < -0.39 is 0 Å². The van der Waals surface area contributed by atoms with Gasteiger partial charge in [-0.05, 0) is 37.6 Å². The Morgan fingerprint density at radius 1 is 1.37 bits per heavy atom. The number of anilines is 1. The van der Waals surface area contributed by atoms with Gasteiger partial charge >= 0.3 is 0 Å². The van der Waals surface area contributed by atoms with Crippen LogP contribution >= 0.6 is 0 Å². The second-order valence-electron chi connectivity index (χ2n) is 5.41. The summed E-state index contributed by atoms with van der Waals surface area (Å²) in [6.45, 7) is 0.802. The summed E-state index contributed by atoms with van der Waals surface area (Å²) in [5.41, 5.74) is 7.74. The van der Waals surface area contributed by atoms with Gasteiger partial charge in [-0.1, -0.05) is 18.9 Å². The Bertz CT molecular complexity index is 423. The van der Waals surface area contributed by atoms with Crippen molar-refractivity contribution in [2.45, 2.75) is 44.4 Å². The first-order chi connectivity index (χ1) is 9.11. The molecule has 2 atom stereocenters.